The summed E-state index contributed by atoms with van der Waals surface area (Å²) in [5.41, 5.74) is 1.68. The van der Waals surface area contributed by atoms with Crippen LogP contribution in [0.3, 0.4) is 0 Å². The van der Waals surface area contributed by atoms with Gasteiger partial charge in [0, 0.05) is 0 Å². The Labute approximate surface area is 180 Å². The summed E-state index contributed by atoms with van der Waals surface area (Å²) >= 11 is 0. The fourth-order valence-corrected chi connectivity index (χ4v) is 8.73. The summed E-state index contributed by atoms with van der Waals surface area (Å²) in [5, 5.41) is 4.51. The van der Waals surface area contributed by atoms with E-state index >= 15 is 0 Å². The Hall–Kier alpha value is -1.69. The first-order valence-corrected chi connectivity index (χ1v) is 12.1. The van der Waals surface area contributed by atoms with Crippen LogP contribution in [-0.2, 0) is 0 Å². The van der Waals surface area contributed by atoms with Gasteiger partial charge < -0.3 is 17.0 Å². The lowest BCUT2D eigenvalue weighted by molar-refractivity contribution is -0.00000530. The first-order valence-electron chi connectivity index (χ1n) is 10.1. The Bertz CT molecular complexity index is 775. The van der Waals surface area contributed by atoms with Crippen LogP contribution in [0.1, 0.15) is 32.1 Å². The van der Waals surface area contributed by atoms with Gasteiger partial charge in [0.15, 0.2) is 0 Å². The highest BCUT2D eigenvalue weighted by atomic mass is 79.9. The van der Waals surface area contributed by atoms with E-state index in [1.807, 2.05) is 0 Å². The zero-order chi connectivity index (χ0) is 18.4. The van der Waals surface area contributed by atoms with E-state index in [2.05, 4.69) is 97.1 Å². The quantitative estimate of drug-likeness (QED) is 0.383. The second-order valence-electron chi connectivity index (χ2n) is 7.40. The number of hydrogen-bond donors (Lipinski definition) is 0. The second kappa shape index (κ2) is 10.2. The molecule has 3 aromatic carbocycles. The van der Waals surface area contributed by atoms with Crippen molar-refractivity contribution >= 4 is 23.2 Å². The van der Waals surface area contributed by atoms with Gasteiger partial charge in [0.2, 0.25) is 0 Å². The van der Waals surface area contributed by atoms with Gasteiger partial charge in [0.1, 0.15) is 23.2 Å². The molecule has 0 nitrogen and oxygen atoms in total. The van der Waals surface area contributed by atoms with Gasteiger partial charge >= 0.3 is 0 Å². The summed E-state index contributed by atoms with van der Waals surface area (Å²) in [6.45, 7) is 0. The molecule has 28 heavy (non-hydrogen) atoms. The minimum Gasteiger partial charge on any atom is -1.00 e. The summed E-state index contributed by atoms with van der Waals surface area (Å²) in [7, 11) is -1.64. The lowest BCUT2D eigenvalue weighted by Gasteiger charge is -2.27. The highest BCUT2D eigenvalue weighted by Gasteiger charge is 2.44. The summed E-state index contributed by atoms with van der Waals surface area (Å²) < 4.78 is 0. The van der Waals surface area contributed by atoms with Crippen LogP contribution in [0, 0.1) is 0 Å². The van der Waals surface area contributed by atoms with Crippen molar-refractivity contribution in [3.8, 4) is 0 Å². The molecule has 0 fully saturated rings. The molecule has 0 unspecified atom stereocenters. The van der Waals surface area contributed by atoms with Gasteiger partial charge in [-0.15, -0.1) is 0 Å². The van der Waals surface area contributed by atoms with Crippen LogP contribution in [0.4, 0.5) is 0 Å². The minimum atomic E-state index is -1.64. The normalized spacial score (nSPS) is 13.6. The first kappa shape index (κ1) is 21.0. The maximum Gasteiger partial charge on any atom is 0.112 e. The third-order valence-electron chi connectivity index (χ3n) is 5.72. The van der Waals surface area contributed by atoms with Crippen molar-refractivity contribution in [3.05, 3.63) is 103 Å². The summed E-state index contributed by atoms with van der Waals surface area (Å²) in [5.74, 6) is 0. The van der Waals surface area contributed by atoms with E-state index < -0.39 is 7.26 Å². The second-order valence-corrected chi connectivity index (χ2v) is 11.0. The smallest absolute Gasteiger partial charge is 0.112 e. The maximum absolute atomic E-state index is 2.48. The minimum absolute atomic E-state index is 0. The number of rotatable bonds is 7. The number of benzene rings is 3. The Morgan fingerprint density at radius 2 is 1.11 bits per heavy atom. The van der Waals surface area contributed by atoms with Crippen molar-refractivity contribution in [3.63, 3.8) is 0 Å². The van der Waals surface area contributed by atoms with Crippen molar-refractivity contribution in [2.75, 3.05) is 6.16 Å². The highest BCUT2D eigenvalue weighted by Crippen LogP contribution is 2.56. The molecule has 0 atom stereocenters. The monoisotopic (exact) mass is 450 g/mol. The summed E-state index contributed by atoms with van der Waals surface area (Å²) in [6, 6.07) is 33.7. The number of hydrogen-bond acceptors (Lipinski definition) is 0. The van der Waals surface area contributed by atoms with Crippen molar-refractivity contribution in [1.82, 2.24) is 0 Å². The molecule has 0 aromatic heterocycles. The van der Waals surface area contributed by atoms with Crippen molar-refractivity contribution in [1.29, 1.82) is 0 Å². The van der Waals surface area contributed by atoms with E-state index in [1.54, 1.807) is 5.57 Å². The molecular formula is C26H28BrP. The standard InChI is InChI=1S/C26H28P.BrH/c1-4-16-24(17-5-1)27(25-18-6-2-7-19-25,26-20-8-3-9-21-26)22-12-15-23-13-10-11-14-23;/h1-9,13,16-21H,10-12,14-15,22H2;1H/q+1;/p-1. The van der Waals surface area contributed by atoms with Gasteiger partial charge in [-0.1, -0.05) is 66.2 Å². The average molecular weight is 451 g/mol. The van der Waals surface area contributed by atoms with Crippen LogP contribution in [0.25, 0.3) is 0 Å². The maximum atomic E-state index is 2.48. The molecule has 0 radical (unpaired) electrons. The van der Waals surface area contributed by atoms with E-state index in [4.69, 9.17) is 0 Å². The molecule has 2 heteroatoms. The fraction of sp³-hybridized carbons (Fsp3) is 0.231. The lowest BCUT2D eigenvalue weighted by Crippen LogP contribution is -3.00. The lowest BCUT2D eigenvalue weighted by atomic mass is 10.1. The van der Waals surface area contributed by atoms with Crippen molar-refractivity contribution < 1.29 is 17.0 Å². The van der Waals surface area contributed by atoms with Crippen LogP contribution >= 0.6 is 7.26 Å². The van der Waals surface area contributed by atoms with E-state index in [-0.39, 0.29) is 17.0 Å². The van der Waals surface area contributed by atoms with Gasteiger partial charge in [-0.05, 0) is 68.5 Å². The van der Waals surface area contributed by atoms with E-state index in [0.29, 0.717) is 0 Å². The molecule has 0 amide bonds. The molecule has 144 valence electrons. The number of allylic oxidation sites excluding steroid dienone is 2. The van der Waals surface area contributed by atoms with E-state index in [0.717, 1.165) is 0 Å². The van der Waals surface area contributed by atoms with Crippen molar-refractivity contribution in [2.24, 2.45) is 0 Å². The predicted molar refractivity (Wildman–Crippen MR) is 121 cm³/mol. The van der Waals surface area contributed by atoms with Gasteiger partial charge in [-0.3, -0.25) is 0 Å². The van der Waals surface area contributed by atoms with E-state index in [9.17, 15) is 0 Å². The van der Waals surface area contributed by atoms with Crippen LogP contribution in [-0.4, -0.2) is 6.16 Å². The number of halogens is 1. The third-order valence-corrected chi connectivity index (χ3v) is 10.2. The summed E-state index contributed by atoms with van der Waals surface area (Å²) in [4.78, 5) is 0. The molecule has 0 N–H and O–H groups in total. The van der Waals surface area contributed by atoms with Crippen molar-refractivity contribution in [2.45, 2.75) is 32.1 Å². The molecule has 3 aromatic rings. The Balaban J connectivity index is 0.00000225. The molecule has 0 heterocycles. The highest BCUT2D eigenvalue weighted by molar-refractivity contribution is 7.95. The SMILES string of the molecule is C1=C(CCC[P+](c2ccccc2)(c2ccccc2)c2ccccc2)CCC1.[Br-]. The molecule has 0 spiro atoms. The molecule has 4 rings (SSSR count). The van der Waals surface area contributed by atoms with Gasteiger partial charge in [0.05, 0.1) is 6.16 Å². The van der Waals surface area contributed by atoms with Gasteiger partial charge in [0.25, 0.3) is 0 Å². The van der Waals surface area contributed by atoms with Crippen LogP contribution in [0.15, 0.2) is 103 Å². The largest absolute Gasteiger partial charge is 1.00 e. The zero-order valence-corrected chi connectivity index (χ0v) is 18.8. The Morgan fingerprint density at radius 3 is 1.50 bits per heavy atom. The Kier molecular flexibility index (Phi) is 7.65. The summed E-state index contributed by atoms with van der Waals surface area (Å²) in [6.07, 6.45) is 10.2. The molecular weight excluding hydrogens is 423 g/mol. The van der Waals surface area contributed by atoms with Crippen LogP contribution in [0.2, 0.25) is 0 Å². The zero-order valence-electron chi connectivity index (χ0n) is 16.3. The fourth-order valence-electron chi connectivity index (χ4n) is 4.39. The van der Waals surface area contributed by atoms with Crippen LogP contribution < -0.4 is 32.9 Å². The molecule has 1 aliphatic carbocycles. The van der Waals surface area contributed by atoms with Crippen LogP contribution in [0.5, 0.6) is 0 Å². The van der Waals surface area contributed by atoms with Gasteiger partial charge in [-0.2, -0.15) is 0 Å². The topological polar surface area (TPSA) is 0 Å². The third kappa shape index (κ3) is 4.48. The molecule has 0 saturated carbocycles. The molecule has 0 bridgehead atoms. The molecule has 0 saturated heterocycles. The van der Waals surface area contributed by atoms with E-state index in [1.165, 1.54) is 54.2 Å². The first-order chi connectivity index (χ1) is 13.4. The Morgan fingerprint density at radius 1 is 0.643 bits per heavy atom. The molecule has 1 aliphatic rings. The molecule has 0 aliphatic heterocycles. The average Bonchev–Trinajstić information content (AvgIpc) is 3.27. The predicted octanol–water partition coefficient (Wildman–Crippen LogP) is 2.88. The van der Waals surface area contributed by atoms with Gasteiger partial charge in [-0.25, -0.2) is 0 Å².